The van der Waals surface area contributed by atoms with Gasteiger partial charge in [-0.25, -0.2) is 0 Å². The summed E-state index contributed by atoms with van der Waals surface area (Å²) < 4.78 is 5.07. The minimum atomic E-state index is -0.250. The van der Waals surface area contributed by atoms with E-state index in [2.05, 4.69) is 15.4 Å². The van der Waals surface area contributed by atoms with Gasteiger partial charge in [0.15, 0.2) is 0 Å². The molecule has 138 valence electrons. The number of rotatable bonds is 5. The number of esters is 1. The van der Waals surface area contributed by atoms with Gasteiger partial charge in [0.2, 0.25) is 11.7 Å². The lowest BCUT2D eigenvalue weighted by Crippen LogP contribution is -2.44. The van der Waals surface area contributed by atoms with Crippen molar-refractivity contribution in [3.05, 3.63) is 29.8 Å². The van der Waals surface area contributed by atoms with Crippen molar-refractivity contribution in [1.82, 2.24) is 25.1 Å². The molecule has 1 saturated heterocycles. The molecule has 0 bridgehead atoms. The SMILES string of the molecule is CCOC(=O)[C@@H]1CCCN(C(=O)Cn2nnc(-c3ccc(C)cc3)n2)C1. The number of tetrazole rings is 1. The second-order valence-corrected chi connectivity index (χ2v) is 6.44. The van der Waals surface area contributed by atoms with Crippen molar-refractivity contribution in [2.75, 3.05) is 19.7 Å². The maximum absolute atomic E-state index is 12.5. The molecule has 2 aromatic rings. The van der Waals surface area contributed by atoms with Crippen molar-refractivity contribution in [3.63, 3.8) is 0 Å². The molecule has 2 heterocycles. The Morgan fingerprint density at radius 1 is 1.27 bits per heavy atom. The van der Waals surface area contributed by atoms with Crippen LogP contribution in [0.5, 0.6) is 0 Å². The number of carbonyl (C=O) groups is 2. The summed E-state index contributed by atoms with van der Waals surface area (Å²) in [5.41, 5.74) is 2.01. The first-order valence-corrected chi connectivity index (χ1v) is 8.86. The molecule has 0 spiro atoms. The largest absolute Gasteiger partial charge is 0.466 e. The topological polar surface area (TPSA) is 90.2 Å². The van der Waals surface area contributed by atoms with Crippen LogP contribution in [0.2, 0.25) is 0 Å². The van der Waals surface area contributed by atoms with Gasteiger partial charge >= 0.3 is 5.97 Å². The number of amides is 1. The number of likely N-dealkylation sites (tertiary alicyclic amines) is 1. The van der Waals surface area contributed by atoms with Gasteiger partial charge in [0, 0.05) is 18.7 Å². The lowest BCUT2D eigenvalue weighted by molar-refractivity contribution is -0.151. The van der Waals surface area contributed by atoms with E-state index in [1.54, 1.807) is 11.8 Å². The van der Waals surface area contributed by atoms with Gasteiger partial charge in [-0.1, -0.05) is 29.8 Å². The van der Waals surface area contributed by atoms with E-state index in [9.17, 15) is 9.59 Å². The first-order valence-electron chi connectivity index (χ1n) is 8.86. The van der Waals surface area contributed by atoms with Crippen molar-refractivity contribution < 1.29 is 14.3 Å². The summed E-state index contributed by atoms with van der Waals surface area (Å²) in [5, 5.41) is 12.3. The number of nitrogens with zero attached hydrogens (tertiary/aromatic N) is 5. The molecule has 26 heavy (non-hydrogen) atoms. The molecule has 0 radical (unpaired) electrons. The number of piperidine rings is 1. The van der Waals surface area contributed by atoms with E-state index in [-0.39, 0.29) is 24.3 Å². The first kappa shape index (κ1) is 18.0. The molecule has 0 saturated carbocycles. The van der Waals surface area contributed by atoms with Crippen LogP contribution < -0.4 is 0 Å². The van der Waals surface area contributed by atoms with Gasteiger partial charge in [0.1, 0.15) is 6.54 Å². The highest BCUT2D eigenvalue weighted by atomic mass is 16.5. The highest BCUT2D eigenvalue weighted by Gasteiger charge is 2.29. The van der Waals surface area contributed by atoms with E-state index in [0.717, 1.165) is 24.0 Å². The fourth-order valence-electron chi connectivity index (χ4n) is 3.01. The molecular formula is C18H23N5O3. The van der Waals surface area contributed by atoms with E-state index < -0.39 is 0 Å². The molecule has 1 aromatic carbocycles. The minimum Gasteiger partial charge on any atom is -0.466 e. The molecule has 1 atom stereocenters. The van der Waals surface area contributed by atoms with Crippen LogP contribution in [0.4, 0.5) is 0 Å². The second kappa shape index (κ2) is 8.07. The normalized spacial score (nSPS) is 17.2. The minimum absolute atomic E-state index is 0.00834. The quantitative estimate of drug-likeness (QED) is 0.753. The number of aryl methyl sites for hydroxylation is 1. The highest BCUT2D eigenvalue weighted by molar-refractivity contribution is 5.78. The molecule has 0 N–H and O–H groups in total. The third-order valence-corrected chi connectivity index (χ3v) is 4.43. The molecule has 3 rings (SSSR count). The molecule has 0 unspecified atom stereocenters. The Labute approximate surface area is 152 Å². The Balaban J connectivity index is 1.61. The van der Waals surface area contributed by atoms with E-state index in [1.807, 2.05) is 31.2 Å². The van der Waals surface area contributed by atoms with Gasteiger partial charge in [0.05, 0.1) is 12.5 Å². The van der Waals surface area contributed by atoms with Gasteiger partial charge in [-0.05, 0) is 31.9 Å². The average Bonchev–Trinajstić information content (AvgIpc) is 3.11. The van der Waals surface area contributed by atoms with Crippen molar-refractivity contribution in [2.45, 2.75) is 33.2 Å². The third-order valence-electron chi connectivity index (χ3n) is 4.43. The molecule has 8 nitrogen and oxygen atoms in total. The molecule has 8 heteroatoms. The predicted octanol–water partition coefficient (Wildman–Crippen LogP) is 1.45. The third kappa shape index (κ3) is 4.25. The number of ether oxygens (including phenoxy) is 1. The van der Waals surface area contributed by atoms with Gasteiger partial charge in [-0.15, -0.1) is 10.2 Å². The average molecular weight is 357 g/mol. The van der Waals surface area contributed by atoms with Gasteiger partial charge in [0.25, 0.3) is 0 Å². The van der Waals surface area contributed by atoms with Crippen LogP contribution in [0.25, 0.3) is 11.4 Å². The van der Waals surface area contributed by atoms with E-state index in [4.69, 9.17) is 4.74 Å². The molecule has 1 aliphatic rings. The number of benzene rings is 1. The van der Waals surface area contributed by atoms with Crippen LogP contribution in [0.1, 0.15) is 25.3 Å². The summed E-state index contributed by atoms with van der Waals surface area (Å²) in [6.07, 6.45) is 1.54. The Hall–Kier alpha value is -2.77. The first-order chi connectivity index (χ1) is 12.6. The van der Waals surface area contributed by atoms with Crippen LogP contribution in [-0.2, 0) is 20.9 Å². The maximum Gasteiger partial charge on any atom is 0.310 e. The van der Waals surface area contributed by atoms with Crippen LogP contribution >= 0.6 is 0 Å². The smallest absolute Gasteiger partial charge is 0.310 e. The standard InChI is InChI=1S/C18H23N5O3/c1-3-26-18(25)15-5-4-10-22(11-15)16(24)12-23-20-17(19-21-23)14-8-6-13(2)7-9-14/h6-9,15H,3-5,10-12H2,1-2H3/t15-/m1/s1. The maximum atomic E-state index is 12.5. The fraction of sp³-hybridized carbons (Fsp3) is 0.500. The summed E-state index contributed by atoms with van der Waals surface area (Å²) in [4.78, 5) is 27.4. The summed E-state index contributed by atoms with van der Waals surface area (Å²) in [6, 6.07) is 7.80. The Morgan fingerprint density at radius 2 is 2.04 bits per heavy atom. The number of carbonyl (C=O) groups excluding carboxylic acids is 2. The Kier molecular flexibility index (Phi) is 5.60. The highest BCUT2D eigenvalue weighted by Crippen LogP contribution is 2.18. The predicted molar refractivity (Wildman–Crippen MR) is 93.9 cm³/mol. The van der Waals surface area contributed by atoms with Crippen molar-refractivity contribution in [1.29, 1.82) is 0 Å². The molecule has 0 aliphatic carbocycles. The molecule has 1 amide bonds. The van der Waals surface area contributed by atoms with Crippen LogP contribution in [0.3, 0.4) is 0 Å². The van der Waals surface area contributed by atoms with Gasteiger partial charge in [-0.2, -0.15) is 4.80 Å². The van der Waals surface area contributed by atoms with Gasteiger partial charge < -0.3 is 9.64 Å². The fourth-order valence-corrected chi connectivity index (χ4v) is 3.01. The monoisotopic (exact) mass is 357 g/mol. The summed E-state index contributed by atoms with van der Waals surface area (Å²) >= 11 is 0. The van der Waals surface area contributed by atoms with Crippen LogP contribution in [-0.4, -0.2) is 56.7 Å². The van der Waals surface area contributed by atoms with Crippen molar-refractivity contribution in [2.24, 2.45) is 5.92 Å². The van der Waals surface area contributed by atoms with Crippen molar-refractivity contribution >= 4 is 11.9 Å². The van der Waals surface area contributed by atoms with E-state index in [0.29, 0.717) is 25.5 Å². The number of hydrogen-bond donors (Lipinski definition) is 0. The van der Waals surface area contributed by atoms with Gasteiger partial charge in [-0.3, -0.25) is 9.59 Å². The van der Waals surface area contributed by atoms with E-state index in [1.165, 1.54) is 4.80 Å². The lowest BCUT2D eigenvalue weighted by Gasteiger charge is -2.31. The molecule has 1 aromatic heterocycles. The van der Waals surface area contributed by atoms with E-state index >= 15 is 0 Å². The molecule has 1 fully saturated rings. The second-order valence-electron chi connectivity index (χ2n) is 6.44. The van der Waals surface area contributed by atoms with Crippen LogP contribution in [0, 0.1) is 12.8 Å². The Bertz CT molecular complexity index is 771. The van der Waals surface area contributed by atoms with Crippen molar-refractivity contribution in [3.8, 4) is 11.4 Å². The zero-order valence-corrected chi connectivity index (χ0v) is 15.1. The Morgan fingerprint density at radius 3 is 2.77 bits per heavy atom. The zero-order chi connectivity index (χ0) is 18.5. The summed E-state index contributed by atoms with van der Waals surface area (Å²) in [6.45, 7) is 5.17. The summed E-state index contributed by atoms with van der Waals surface area (Å²) in [5.74, 6) is -0.113. The zero-order valence-electron chi connectivity index (χ0n) is 15.1. The summed E-state index contributed by atoms with van der Waals surface area (Å²) in [7, 11) is 0. The number of hydrogen-bond acceptors (Lipinski definition) is 6. The lowest BCUT2D eigenvalue weighted by atomic mass is 9.98. The van der Waals surface area contributed by atoms with Crippen LogP contribution in [0.15, 0.2) is 24.3 Å². The molecular weight excluding hydrogens is 334 g/mol. The number of aromatic nitrogens is 4. The molecule has 1 aliphatic heterocycles.